The molecule has 22 heavy (non-hydrogen) atoms. The molecule has 0 aromatic rings. The molecule has 1 heterocycles. The molecule has 2 amide bonds. The van der Waals surface area contributed by atoms with Crippen molar-refractivity contribution in [3.8, 4) is 0 Å². The zero-order chi connectivity index (χ0) is 16.5. The largest absolute Gasteiger partial charge is 0.370 e. The number of nitrogens with two attached hydrogens (primary N) is 1. The molecule has 4 N–H and O–H groups in total. The minimum atomic E-state index is -0.244. The molecule has 126 valence electrons. The van der Waals surface area contributed by atoms with Crippen molar-refractivity contribution in [2.24, 2.45) is 22.6 Å². The van der Waals surface area contributed by atoms with Gasteiger partial charge in [-0.25, -0.2) is 0 Å². The third kappa shape index (κ3) is 6.32. The molecular formula is C15H29N5O2. The lowest BCUT2D eigenvalue weighted by molar-refractivity contribution is -0.124. The van der Waals surface area contributed by atoms with E-state index in [1.165, 1.54) is 0 Å². The van der Waals surface area contributed by atoms with Crippen molar-refractivity contribution in [2.75, 3.05) is 33.2 Å². The number of guanidine groups is 1. The number of piperidine rings is 1. The van der Waals surface area contributed by atoms with Gasteiger partial charge < -0.3 is 21.3 Å². The van der Waals surface area contributed by atoms with Crippen molar-refractivity contribution in [3.05, 3.63) is 0 Å². The molecule has 1 fully saturated rings. The lowest BCUT2D eigenvalue weighted by Crippen LogP contribution is -2.48. The molecule has 0 aliphatic carbocycles. The van der Waals surface area contributed by atoms with Gasteiger partial charge in [0.05, 0.1) is 0 Å². The number of likely N-dealkylation sites (tertiary alicyclic amines) is 1. The van der Waals surface area contributed by atoms with Crippen molar-refractivity contribution >= 4 is 17.8 Å². The van der Waals surface area contributed by atoms with Crippen LogP contribution < -0.4 is 16.4 Å². The average molecular weight is 311 g/mol. The maximum absolute atomic E-state index is 11.5. The lowest BCUT2D eigenvalue weighted by atomic mass is 9.95. The Labute approximate surface area is 132 Å². The van der Waals surface area contributed by atoms with Crippen LogP contribution in [0, 0.1) is 11.8 Å². The maximum Gasteiger partial charge on any atom is 0.222 e. The number of aliphatic imine (C=N–C) groups is 1. The molecule has 0 saturated carbocycles. The van der Waals surface area contributed by atoms with E-state index in [9.17, 15) is 9.59 Å². The Morgan fingerprint density at radius 1 is 1.32 bits per heavy atom. The maximum atomic E-state index is 11.5. The minimum absolute atomic E-state index is 0.00374. The molecule has 1 rings (SSSR count). The highest BCUT2D eigenvalue weighted by molar-refractivity contribution is 5.80. The van der Waals surface area contributed by atoms with Gasteiger partial charge in [-0.15, -0.1) is 0 Å². The van der Waals surface area contributed by atoms with Crippen molar-refractivity contribution in [3.63, 3.8) is 0 Å². The summed E-state index contributed by atoms with van der Waals surface area (Å²) in [4.78, 5) is 29.0. The summed E-state index contributed by atoms with van der Waals surface area (Å²) in [6.45, 7) is 6.65. The highest BCUT2D eigenvalue weighted by Crippen LogP contribution is 2.19. The number of amides is 2. The van der Waals surface area contributed by atoms with E-state index in [0.717, 1.165) is 31.9 Å². The van der Waals surface area contributed by atoms with Crippen LogP contribution in [0.5, 0.6) is 0 Å². The summed E-state index contributed by atoms with van der Waals surface area (Å²) in [6.07, 6.45) is 2.49. The fraction of sp³-hybridized carbons (Fsp3) is 0.800. The Morgan fingerprint density at radius 3 is 2.59 bits per heavy atom. The second-order valence-electron chi connectivity index (χ2n) is 6.04. The van der Waals surface area contributed by atoms with Crippen molar-refractivity contribution in [1.29, 1.82) is 0 Å². The fourth-order valence-electron chi connectivity index (χ4n) is 2.60. The summed E-state index contributed by atoms with van der Waals surface area (Å²) in [5.74, 6) is 0.914. The average Bonchev–Trinajstić information content (AvgIpc) is 2.46. The number of nitrogens with zero attached hydrogens (tertiary/aromatic N) is 2. The Balaban J connectivity index is 2.37. The molecule has 0 radical (unpaired) electrons. The lowest BCUT2D eigenvalue weighted by Gasteiger charge is -2.34. The van der Waals surface area contributed by atoms with E-state index < -0.39 is 0 Å². The van der Waals surface area contributed by atoms with Gasteiger partial charge in [0.25, 0.3) is 0 Å². The third-order valence-electron chi connectivity index (χ3n) is 3.75. The molecule has 1 atom stereocenters. The highest BCUT2D eigenvalue weighted by atomic mass is 16.2. The molecule has 7 nitrogen and oxygen atoms in total. The summed E-state index contributed by atoms with van der Waals surface area (Å²) in [5.41, 5.74) is 5.28. The van der Waals surface area contributed by atoms with Gasteiger partial charge in [-0.1, -0.05) is 13.8 Å². The van der Waals surface area contributed by atoms with E-state index in [0.29, 0.717) is 25.4 Å². The molecule has 1 unspecified atom stereocenters. The number of hydrogen-bond acceptors (Lipinski definition) is 3. The Hall–Kier alpha value is -1.79. The Bertz CT molecular complexity index is 409. The first-order chi connectivity index (χ1) is 10.4. The van der Waals surface area contributed by atoms with Gasteiger partial charge in [0, 0.05) is 45.6 Å². The number of rotatable bonds is 6. The van der Waals surface area contributed by atoms with Crippen molar-refractivity contribution in [2.45, 2.75) is 33.1 Å². The normalized spacial score (nSPS) is 19.2. The molecule has 0 bridgehead atoms. The zero-order valence-electron chi connectivity index (χ0n) is 13.9. The second-order valence-corrected chi connectivity index (χ2v) is 6.04. The fourth-order valence-corrected chi connectivity index (χ4v) is 2.60. The molecule has 0 aromatic heterocycles. The summed E-state index contributed by atoms with van der Waals surface area (Å²) in [6, 6.07) is 0. The van der Waals surface area contributed by atoms with Crippen LogP contribution in [0.25, 0.3) is 0 Å². The van der Waals surface area contributed by atoms with Crippen LogP contribution in [0.2, 0.25) is 0 Å². The quantitative estimate of drug-likeness (QED) is 0.363. The van der Waals surface area contributed by atoms with Gasteiger partial charge in [0.15, 0.2) is 5.96 Å². The van der Waals surface area contributed by atoms with Crippen LogP contribution in [0.4, 0.5) is 0 Å². The van der Waals surface area contributed by atoms with Crippen LogP contribution in [0.3, 0.4) is 0 Å². The molecule has 1 aliphatic rings. The van der Waals surface area contributed by atoms with Gasteiger partial charge in [0.1, 0.15) is 0 Å². The molecule has 0 spiro atoms. The van der Waals surface area contributed by atoms with E-state index in [2.05, 4.69) is 20.5 Å². The van der Waals surface area contributed by atoms with Gasteiger partial charge in [-0.3, -0.25) is 14.6 Å². The first-order valence-electron chi connectivity index (χ1n) is 7.95. The van der Waals surface area contributed by atoms with Gasteiger partial charge in [-0.2, -0.15) is 0 Å². The second kappa shape index (κ2) is 9.27. The molecule has 1 saturated heterocycles. The molecule has 1 aliphatic heterocycles. The van der Waals surface area contributed by atoms with E-state index in [1.54, 1.807) is 7.05 Å². The number of carbonyl (C=O) groups is 2. The number of hydrogen-bond donors (Lipinski definition) is 3. The first kappa shape index (κ1) is 18.3. The SMILES string of the molecule is CN=C(NCCNC(=O)C(C)C)N1CCCC(CC(N)=O)C1. The number of primary amides is 1. The van der Waals surface area contributed by atoms with E-state index in [-0.39, 0.29) is 17.7 Å². The van der Waals surface area contributed by atoms with E-state index in [4.69, 9.17) is 5.73 Å². The zero-order valence-corrected chi connectivity index (χ0v) is 13.9. The standard InChI is InChI=1S/C15H29N5O2/c1-11(2)14(22)18-6-7-19-15(17-3)20-8-4-5-12(10-20)9-13(16)21/h11-12H,4-10H2,1-3H3,(H2,16,21)(H,17,19)(H,18,22). The monoisotopic (exact) mass is 311 g/mol. The van der Waals surface area contributed by atoms with Crippen LogP contribution in [0.1, 0.15) is 33.1 Å². The van der Waals surface area contributed by atoms with Gasteiger partial charge >= 0.3 is 0 Å². The Kier molecular flexibility index (Phi) is 7.70. The predicted octanol–water partition coefficient (Wildman–Crippen LogP) is -0.0786. The van der Waals surface area contributed by atoms with Gasteiger partial charge in [-0.05, 0) is 18.8 Å². The van der Waals surface area contributed by atoms with Crippen LogP contribution >= 0.6 is 0 Å². The van der Waals surface area contributed by atoms with E-state index >= 15 is 0 Å². The van der Waals surface area contributed by atoms with Crippen molar-refractivity contribution < 1.29 is 9.59 Å². The van der Waals surface area contributed by atoms with Crippen LogP contribution in [0.15, 0.2) is 4.99 Å². The summed E-state index contributed by atoms with van der Waals surface area (Å²) in [5, 5.41) is 6.12. The summed E-state index contributed by atoms with van der Waals surface area (Å²) in [7, 11) is 1.74. The predicted molar refractivity (Wildman–Crippen MR) is 87.3 cm³/mol. The summed E-state index contributed by atoms with van der Waals surface area (Å²) >= 11 is 0. The molecule has 7 heteroatoms. The van der Waals surface area contributed by atoms with Crippen molar-refractivity contribution in [1.82, 2.24) is 15.5 Å². The summed E-state index contributed by atoms with van der Waals surface area (Å²) < 4.78 is 0. The van der Waals surface area contributed by atoms with Crippen LogP contribution in [-0.4, -0.2) is 55.9 Å². The smallest absolute Gasteiger partial charge is 0.222 e. The van der Waals surface area contributed by atoms with E-state index in [1.807, 2.05) is 13.8 Å². The Morgan fingerprint density at radius 2 is 2.00 bits per heavy atom. The topological polar surface area (TPSA) is 99.8 Å². The van der Waals surface area contributed by atoms with Crippen LogP contribution in [-0.2, 0) is 9.59 Å². The highest BCUT2D eigenvalue weighted by Gasteiger charge is 2.23. The number of carbonyl (C=O) groups excluding carboxylic acids is 2. The number of nitrogens with one attached hydrogen (secondary N) is 2. The third-order valence-corrected chi connectivity index (χ3v) is 3.75. The molecule has 0 aromatic carbocycles. The van der Waals surface area contributed by atoms with Gasteiger partial charge in [0.2, 0.25) is 11.8 Å². The molecular weight excluding hydrogens is 282 g/mol. The first-order valence-corrected chi connectivity index (χ1v) is 7.95. The minimum Gasteiger partial charge on any atom is -0.370 e.